The Morgan fingerprint density at radius 1 is 1.15 bits per heavy atom. The Balaban J connectivity index is 1.51. The maximum Gasteiger partial charge on any atom is 0.228 e. The van der Waals surface area contributed by atoms with Gasteiger partial charge in [-0.25, -0.2) is 15.0 Å². The van der Waals surface area contributed by atoms with Gasteiger partial charge < -0.3 is 25.0 Å². The van der Waals surface area contributed by atoms with Crippen molar-refractivity contribution in [3.8, 4) is 0 Å². The van der Waals surface area contributed by atoms with Gasteiger partial charge in [-0.15, -0.1) is 0 Å². The lowest BCUT2D eigenvalue weighted by Crippen LogP contribution is -2.44. The predicted octanol–water partition coefficient (Wildman–Crippen LogP) is 1.78. The molecule has 5 rings (SSSR count). The second-order valence-electron chi connectivity index (χ2n) is 8.66. The lowest BCUT2D eigenvalue weighted by molar-refractivity contribution is 0.126. The van der Waals surface area contributed by atoms with Gasteiger partial charge in [0.05, 0.1) is 25.5 Å². The van der Waals surface area contributed by atoms with Crippen molar-refractivity contribution in [2.75, 3.05) is 62.8 Å². The van der Waals surface area contributed by atoms with E-state index in [4.69, 9.17) is 24.5 Å². The zero-order valence-electron chi connectivity index (χ0n) is 19.7. The Morgan fingerprint density at radius 2 is 2.03 bits per heavy atom. The van der Waals surface area contributed by atoms with Crippen LogP contribution in [0.15, 0.2) is 18.6 Å². The van der Waals surface area contributed by atoms with Crippen molar-refractivity contribution < 1.29 is 9.47 Å². The van der Waals surface area contributed by atoms with Crippen molar-refractivity contribution >= 4 is 28.6 Å². The molecule has 11 heteroatoms. The molecule has 4 heterocycles. The van der Waals surface area contributed by atoms with Crippen LogP contribution in [0.4, 0.5) is 17.6 Å². The third kappa shape index (κ3) is 5.60. The highest BCUT2D eigenvalue weighted by atomic mass is 16.5. The number of hydrogen-bond donors (Lipinski definition) is 2. The lowest BCUT2D eigenvalue weighted by Gasteiger charge is -2.27. The summed E-state index contributed by atoms with van der Waals surface area (Å²) in [5, 5.41) is 11.7. The van der Waals surface area contributed by atoms with Gasteiger partial charge in [0.1, 0.15) is 23.2 Å². The molecule has 0 spiro atoms. The molecule has 2 aliphatic rings. The molecule has 0 atom stereocenters. The van der Waals surface area contributed by atoms with E-state index in [-0.39, 0.29) is 0 Å². The molecule has 34 heavy (non-hydrogen) atoms. The Morgan fingerprint density at radius 3 is 2.79 bits per heavy atom. The molecular weight excluding hydrogens is 434 g/mol. The maximum atomic E-state index is 5.92. The molecular formula is C23H33N9O2. The van der Waals surface area contributed by atoms with E-state index in [1.165, 1.54) is 19.2 Å². The van der Waals surface area contributed by atoms with Crippen LogP contribution in [0.3, 0.4) is 0 Å². The van der Waals surface area contributed by atoms with Crippen LogP contribution in [0.1, 0.15) is 25.5 Å². The largest absolute Gasteiger partial charge is 0.381 e. The van der Waals surface area contributed by atoms with Crippen LogP contribution in [-0.2, 0) is 22.4 Å². The molecule has 3 aromatic rings. The molecule has 1 saturated heterocycles. The van der Waals surface area contributed by atoms with E-state index in [1.807, 2.05) is 17.7 Å². The van der Waals surface area contributed by atoms with Gasteiger partial charge in [-0.2, -0.15) is 10.1 Å². The maximum absolute atomic E-state index is 5.92. The standard InChI is InChI=1S/C23H33N9O2/c1-2-33-14-12-32-21-20(18(30-32)6-13-34-15-17-3-4-17)28-23(31-10-8-24-9-11-31)29-22(21)27-19-5-7-25-16-26-19/h5,7,16-17,24H,2-4,6,8-15H2,1H3,(H,25,26,27,28,29). The number of hydrogen-bond acceptors (Lipinski definition) is 10. The van der Waals surface area contributed by atoms with Gasteiger partial charge >= 0.3 is 0 Å². The van der Waals surface area contributed by atoms with E-state index in [9.17, 15) is 0 Å². The zero-order chi connectivity index (χ0) is 23.2. The molecule has 1 aliphatic carbocycles. The number of nitrogens with zero attached hydrogens (tertiary/aromatic N) is 7. The summed E-state index contributed by atoms with van der Waals surface area (Å²) in [5.41, 5.74) is 2.63. The van der Waals surface area contributed by atoms with Gasteiger partial charge in [-0.1, -0.05) is 0 Å². The zero-order valence-corrected chi connectivity index (χ0v) is 19.7. The fourth-order valence-corrected chi connectivity index (χ4v) is 4.04. The fraction of sp³-hybridized carbons (Fsp3) is 0.609. The van der Waals surface area contributed by atoms with Crippen molar-refractivity contribution in [1.82, 2.24) is 35.0 Å². The summed E-state index contributed by atoms with van der Waals surface area (Å²) in [7, 11) is 0. The second-order valence-corrected chi connectivity index (χ2v) is 8.66. The van der Waals surface area contributed by atoms with Crippen LogP contribution in [-0.4, -0.2) is 82.3 Å². The van der Waals surface area contributed by atoms with E-state index in [0.29, 0.717) is 50.4 Å². The molecule has 11 nitrogen and oxygen atoms in total. The van der Waals surface area contributed by atoms with Gasteiger partial charge in [-0.05, 0) is 31.7 Å². The molecule has 0 amide bonds. The summed E-state index contributed by atoms with van der Waals surface area (Å²) in [6.07, 6.45) is 6.51. The van der Waals surface area contributed by atoms with Crippen LogP contribution in [0.2, 0.25) is 0 Å². The van der Waals surface area contributed by atoms with Crippen LogP contribution in [0.5, 0.6) is 0 Å². The van der Waals surface area contributed by atoms with E-state index < -0.39 is 0 Å². The van der Waals surface area contributed by atoms with Gasteiger partial charge in [-0.3, -0.25) is 4.68 Å². The molecule has 1 aliphatic heterocycles. The first-order chi connectivity index (χ1) is 16.8. The summed E-state index contributed by atoms with van der Waals surface area (Å²) < 4.78 is 13.5. The van der Waals surface area contributed by atoms with E-state index in [0.717, 1.165) is 55.4 Å². The third-order valence-electron chi connectivity index (χ3n) is 6.06. The second kappa shape index (κ2) is 11.0. The Labute approximate surface area is 199 Å². The average Bonchev–Trinajstić information content (AvgIpc) is 3.64. The molecule has 0 bridgehead atoms. The minimum Gasteiger partial charge on any atom is -0.381 e. The van der Waals surface area contributed by atoms with Crippen LogP contribution in [0.25, 0.3) is 11.0 Å². The van der Waals surface area contributed by atoms with Crippen LogP contribution in [0, 0.1) is 5.92 Å². The lowest BCUT2D eigenvalue weighted by atomic mass is 10.2. The third-order valence-corrected chi connectivity index (χ3v) is 6.06. The number of ether oxygens (including phenoxy) is 2. The van der Waals surface area contributed by atoms with Crippen molar-refractivity contribution in [3.05, 3.63) is 24.3 Å². The molecule has 182 valence electrons. The topological polar surface area (TPSA) is 115 Å². The molecule has 3 aromatic heterocycles. The predicted molar refractivity (Wildman–Crippen MR) is 129 cm³/mol. The molecule has 0 radical (unpaired) electrons. The minimum absolute atomic E-state index is 0.567. The first-order valence-corrected chi connectivity index (χ1v) is 12.2. The Kier molecular flexibility index (Phi) is 7.42. The quantitative estimate of drug-likeness (QED) is 0.382. The number of aromatic nitrogens is 6. The highest BCUT2D eigenvalue weighted by molar-refractivity contribution is 5.90. The number of fused-ring (bicyclic) bond motifs is 1. The number of piperazine rings is 1. The van der Waals surface area contributed by atoms with Crippen molar-refractivity contribution in [1.29, 1.82) is 0 Å². The van der Waals surface area contributed by atoms with E-state index in [1.54, 1.807) is 6.20 Å². The van der Waals surface area contributed by atoms with Crippen LogP contribution < -0.4 is 15.5 Å². The number of anilines is 3. The highest BCUT2D eigenvalue weighted by Gasteiger charge is 2.24. The number of rotatable bonds is 12. The summed E-state index contributed by atoms with van der Waals surface area (Å²) in [5.74, 6) is 2.81. The van der Waals surface area contributed by atoms with Gasteiger partial charge in [0.2, 0.25) is 5.95 Å². The first-order valence-electron chi connectivity index (χ1n) is 12.2. The SMILES string of the molecule is CCOCCn1nc(CCOCC2CC2)c2nc(N3CCNCC3)nc(Nc3ccncn3)c21. The molecule has 0 aromatic carbocycles. The molecule has 0 unspecified atom stereocenters. The highest BCUT2D eigenvalue weighted by Crippen LogP contribution is 2.30. The molecule has 1 saturated carbocycles. The Hall–Kier alpha value is -2.89. The van der Waals surface area contributed by atoms with Crippen molar-refractivity contribution in [2.24, 2.45) is 5.92 Å². The number of nitrogens with one attached hydrogen (secondary N) is 2. The smallest absolute Gasteiger partial charge is 0.228 e. The van der Waals surface area contributed by atoms with E-state index >= 15 is 0 Å². The summed E-state index contributed by atoms with van der Waals surface area (Å²) in [6.45, 7) is 8.84. The average molecular weight is 468 g/mol. The molecule has 2 N–H and O–H groups in total. The monoisotopic (exact) mass is 467 g/mol. The summed E-state index contributed by atoms with van der Waals surface area (Å²) >= 11 is 0. The fourth-order valence-electron chi connectivity index (χ4n) is 4.04. The van der Waals surface area contributed by atoms with Crippen molar-refractivity contribution in [3.63, 3.8) is 0 Å². The molecule has 2 fully saturated rings. The first kappa shape index (κ1) is 22.9. The Bertz CT molecular complexity index is 1070. The van der Waals surface area contributed by atoms with E-state index in [2.05, 4.69) is 25.5 Å². The minimum atomic E-state index is 0.567. The van der Waals surface area contributed by atoms with Crippen LogP contribution >= 0.6 is 0 Å². The van der Waals surface area contributed by atoms with Crippen molar-refractivity contribution in [2.45, 2.75) is 32.7 Å². The summed E-state index contributed by atoms with van der Waals surface area (Å²) in [6, 6.07) is 1.83. The summed E-state index contributed by atoms with van der Waals surface area (Å²) in [4.78, 5) is 20.5. The van der Waals surface area contributed by atoms with Gasteiger partial charge in [0, 0.05) is 52.0 Å². The van der Waals surface area contributed by atoms with Gasteiger partial charge in [0.15, 0.2) is 5.82 Å². The van der Waals surface area contributed by atoms with Gasteiger partial charge in [0.25, 0.3) is 0 Å². The normalized spacial score (nSPS) is 16.3.